The van der Waals surface area contributed by atoms with Crippen molar-refractivity contribution < 1.29 is 9.90 Å². The van der Waals surface area contributed by atoms with E-state index in [2.05, 4.69) is 43.2 Å². The van der Waals surface area contributed by atoms with Crippen LogP contribution in [0.4, 0.5) is 10.5 Å². The van der Waals surface area contributed by atoms with E-state index >= 15 is 0 Å². The maximum absolute atomic E-state index is 12.6. The molecule has 24 heavy (non-hydrogen) atoms. The molecule has 1 atom stereocenters. The molecule has 2 saturated heterocycles. The number of aliphatic hydroxyl groups is 1. The van der Waals surface area contributed by atoms with Crippen LogP contribution in [0.5, 0.6) is 0 Å². The second-order valence-electron chi connectivity index (χ2n) is 7.82. The Balaban J connectivity index is 1.59. The second-order valence-corrected chi connectivity index (χ2v) is 7.82. The predicted octanol–water partition coefficient (Wildman–Crippen LogP) is 2.59. The zero-order valence-electron chi connectivity index (χ0n) is 15.0. The molecule has 2 aliphatic heterocycles. The smallest absolute Gasteiger partial charge is 0.321 e. The maximum Gasteiger partial charge on any atom is 0.321 e. The van der Waals surface area contributed by atoms with Gasteiger partial charge in [0.15, 0.2) is 0 Å². The number of benzene rings is 1. The molecule has 1 aromatic carbocycles. The summed E-state index contributed by atoms with van der Waals surface area (Å²) in [6.07, 6.45) is 0.974. The Bertz CT molecular complexity index is 579. The van der Waals surface area contributed by atoms with Crippen LogP contribution in [0.25, 0.3) is 0 Å². The van der Waals surface area contributed by atoms with Gasteiger partial charge in [-0.05, 0) is 37.1 Å². The number of aliphatic hydroxyl groups excluding tert-OH is 1. The summed E-state index contributed by atoms with van der Waals surface area (Å²) in [6, 6.07) is 7.98. The van der Waals surface area contributed by atoms with E-state index in [9.17, 15) is 9.90 Å². The van der Waals surface area contributed by atoms with Crippen molar-refractivity contribution in [2.75, 3.05) is 45.2 Å². The number of urea groups is 1. The number of hydrogen-bond donors (Lipinski definition) is 2. The number of piperidine rings is 1. The molecule has 2 aliphatic rings. The lowest BCUT2D eigenvalue weighted by atomic mass is 9.65. The fourth-order valence-corrected chi connectivity index (χ4v) is 4.15. The average Bonchev–Trinajstić information content (AvgIpc) is 2.54. The number of amides is 2. The van der Waals surface area contributed by atoms with Crippen LogP contribution in [-0.4, -0.2) is 60.8 Å². The topological polar surface area (TPSA) is 55.8 Å². The van der Waals surface area contributed by atoms with Crippen molar-refractivity contribution in [1.82, 2.24) is 9.80 Å². The van der Waals surface area contributed by atoms with Crippen LogP contribution < -0.4 is 5.32 Å². The van der Waals surface area contributed by atoms with Crippen LogP contribution in [0.2, 0.25) is 0 Å². The second kappa shape index (κ2) is 6.73. The van der Waals surface area contributed by atoms with Crippen LogP contribution in [0.1, 0.15) is 31.7 Å². The fraction of sp³-hybridized carbons (Fsp3) is 0.632. The van der Waals surface area contributed by atoms with E-state index < -0.39 is 0 Å². The van der Waals surface area contributed by atoms with Gasteiger partial charge in [0.2, 0.25) is 0 Å². The Labute approximate surface area is 144 Å². The van der Waals surface area contributed by atoms with Gasteiger partial charge in [0.1, 0.15) is 0 Å². The predicted molar refractivity (Wildman–Crippen MR) is 96.2 cm³/mol. The van der Waals surface area contributed by atoms with Gasteiger partial charge in [-0.3, -0.25) is 0 Å². The first-order valence-electron chi connectivity index (χ1n) is 8.89. The Morgan fingerprint density at radius 2 is 2.00 bits per heavy atom. The fourth-order valence-electron chi connectivity index (χ4n) is 4.15. The van der Waals surface area contributed by atoms with Gasteiger partial charge in [-0.2, -0.15) is 0 Å². The minimum atomic E-state index is -0.0618. The largest absolute Gasteiger partial charge is 0.396 e. The van der Waals surface area contributed by atoms with E-state index in [0.29, 0.717) is 12.5 Å². The summed E-state index contributed by atoms with van der Waals surface area (Å²) in [7, 11) is 2.11. The highest BCUT2D eigenvalue weighted by Gasteiger charge is 2.50. The van der Waals surface area contributed by atoms with E-state index in [0.717, 1.165) is 31.7 Å². The van der Waals surface area contributed by atoms with Gasteiger partial charge >= 0.3 is 6.03 Å². The zero-order valence-corrected chi connectivity index (χ0v) is 15.0. The van der Waals surface area contributed by atoms with Crippen molar-refractivity contribution in [3.63, 3.8) is 0 Å². The quantitative estimate of drug-likeness (QED) is 0.895. The van der Waals surface area contributed by atoms with E-state index in [-0.39, 0.29) is 24.0 Å². The minimum absolute atomic E-state index is 0.0618. The van der Waals surface area contributed by atoms with Crippen LogP contribution in [0.15, 0.2) is 24.3 Å². The Morgan fingerprint density at radius 3 is 2.54 bits per heavy atom. The summed E-state index contributed by atoms with van der Waals surface area (Å²) in [6.45, 7) is 7.93. The molecule has 132 valence electrons. The SMILES string of the molecule is CC(C)c1ccc(NC(=O)N2CCC3(CN(C)C3)C(CO)C2)cc1. The first-order valence-corrected chi connectivity index (χ1v) is 8.89. The van der Waals surface area contributed by atoms with Crippen molar-refractivity contribution in [3.05, 3.63) is 29.8 Å². The molecule has 0 bridgehead atoms. The highest BCUT2D eigenvalue weighted by atomic mass is 16.3. The molecule has 1 aromatic rings. The van der Waals surface area contributed by atoms with E-state index in [4.69, 9.17) is 0 Å². The normalized spacial score (nSPS) is 23.4. The number of likely N-dealkylation sites (tertiary alicyclic amines) is 2. The number of nitrogens with one attached hydrogen (secondary N) is 1. The lowest BCUT2D eigenvalue weighted by molar-refractivity contribution is -0.0863. The molecular weight excluding hydrogens is 302 g/mol. The summed E-state index contributed by atoms with van der Waals surface area (Å²) in [4.78, 5) is 16.7. The molecular formula is C19H29N3O2. The van der Waals surface area contributed by atoms with Crippen molar-refractivity contribution in [1.29, 1.82) is 0 Å². The molecule has 0 saturated carbocycles. The van der Waals surface area contributed by atoms with Gasteiger partial charge in [0.25, 0.3) is 0 Å². The maximum atomic E-state index is 12.6. The van der Waals surface area contributed by atoms with Gasteiger partial charge in [0.05, 0.1) is 0 Å². The van der Waals surface area contributed by atoms with E-state index in [1.807, 2.05) is 17.0 Å². The lowest BCUT2D eigenvalue weighted by Crippen LogP contribution is -2.65. The van der Waals surface area contributed by atoms with Crippen molar-refractivity contribution in [2.45, 2.75) is 26.2 Å². The van der Waals surface area contributed by atoms with Gasteiger partial charge in [-0.15, -0.1) is 0 Å². The Hall–Kier alpha value is -1.59. The van der Waals surface area contributed by atoms with Gasteiger partial charge < -0.3 is 20.2 Å². The summed E-state index contributed by atoms with van der Waals surface area (Å²) in [5.74, 6) is 0.662. The Kier molecular flexibility index (Phi) is 4.83. The van der Waals surface area contributed by atoms with E-state index in [1.165, 1.54) is 5.56 Å². The number of hydrogen-bond acceptors (Lipinski definition) is 3. The molecule has 0 aromatic heterocycles. The van der Waals surface area contributed by atoms with Crippen LogP contribution >= 0.6 is 0 Å². The number of rotatable bonds is 3. The molecule has 2 amide bonds. The number of nitrogens with zero attached hydrogens (tertiary/aromatic N) is 2. The molecule has 0 radical (unpaired) electrons. The highest BCUT2D eigenvalue weighted by Crippen LogP contribution is 2.43. The van der Waals surface area contributed by atoms with Crippen LogP contribution in [0, 0.1) is 11.3 Å². The molecule has 2 N–H and O–H groups in total. The molecule has 0 aliphatic carbocycles. The molecule has 2 fully saturated rings. The summed E-state index contributed by atoms with van der Waals surface area (Å²) in [5.41, 5.74) is 2.30. The average molecular weight is 331 g/mol. The first-order chi connectivity index (χ1) is 11.4. The van der Waals surface area contributed by atoms with E-state index in [1.54, 1.807) is 0 Å². The lowest BCUT2D eigenvalue weighted by Gasteiger charge is -2.56. The van der Waals surface area contributed by atoms with Crippen molar-refractivity contribution in [2.24, 2.45) is 11.3 Å². The third-order valence-electron chi connectivity index (χ3n) is 5.69. The molecule has 3 rings (SSSR count). The molecule has 2 heterocycles. The van der Waals surface area contributed by atoms with Gasteiger partial charge in [0, 0.05) is 49.8 Å². The molecule has 1 spiro atoms. The third kappa shape index (κ3) is 3.28. The summed E-state index contributed by atoms with van der Waals surface area (Å²) in [5, 5.41) is 12.8. The standard InChI is InChI=1S/C19H29N3O2/c1-14(2)15-4-6-17(7-5-15)20-18(24)22-9-8-19(12-21(3)13-19)16(10-22)11-23/h4-7,14,16,23H,8-13H2,1-3H3,(H,20,24). The summed E-state index contributed by atoms with van der Waals surface area (Å²) < 4.78 is 0. The minimum Gasteiger partial charge on any atom is -0.396 e. The zero-order chi connectivity index (χ0) is 17.3. The van der Waals surface area contributed by atoms with Crippen molar-refractivity contribution >= 4 is 11.7 Å². The first kappa shape index (κ1) is 17.2. The number of carbonyl (C=O) groups is 1. The monoisotopic (exact) mass is 331 g/mol. The van der Waals surface area contributed by atoms with Crippen LogP contribution in [0.3, 0.4) is 0 Å². The van der Waals surface area contributed by atoms with Crippen molar-refractivity contribution in [3.8, 4) is 0 Å². The third-order valence-corrected chi connectivity index (χ3v) is 5.69. The molecule has 5 heteroatoms. The van der Waals surface area contributed by atoms with Crippen LogP contribution in [-0.2, 0) is 0 Å². The Morgan fingerprint density at radius 1 is 1.33 bits per heavy atom. The molecule has 1 unspecified atom stereocenters. The number of carbonyl (C=O) groups excluding carboxylic acids is 1. The number of anilines is 1. The van der Waals surface area contributed by atoms with Gasteiger partial charge in [-0.25, -0.2) is 4.79 Å². The van der Waals surface area contributed by atoms with Gasteiger partial charge in [-0.1, -0.05) is 26.0 Å². The summed E-state index contributed by atoms with van der Waals surface area (Å²) >= 11 is 0. The highest BCUT2D eigenvalue weighted by molar-refractivity contribution is 5.89. The molecule has 5 nitrogen and oxygen atoms in total.